The molecule has 18 heavy (non-hydrogen) atoms. The third-order valence-corrected chi connectivity index (χ3v) is 4.51. The van der Waals surface area contributed by atoms with Gasteiger partial charge in [0, 0.05) is 11.5 Å². The van der Waals surface area contributed by atoms with Gasteiger partial charge in [0.15, 0.2) is 0 Å². The molecule has 0 spiro atoms. The number of allylic oxidation sites excluding steroid dienone is 1. The lowest BCUT2D eigenvalue weighted by Gasteiger charge is -2.42. The molecule has 4 atom stereocenters. The summed E-state index contributed by atoms with van der Waals surface area (Å²) in [5, 5.41) is 10.00. The molecule has 1 saturated heterocycles. The summed E-state index contributed by atoms with van der Waals surface area (Å²) in [6.07, 6.45) is 3.59. The fourth-order valence-corrected chi connectivity index (χ4v) is 3.36. The number of phenols is 1. The van der Waals surface area contributed by atoms with Crippen LogP contribution in [0.15, 0.2) is 35.9 Å². The minimum Gasteiger partial charge on any atom is -0.508 e. The van der Waals surface area contributed by atoms with Crippen LogP contribution >= 0.6 is 0 Å². The van der Waals surface area contributed by atoms with E-state index >= 15 is 0 Å². The van der Waals surface area contributed by atoms with Gasteiger partial charge in [0.2, 0.25) is 0 Å². The van der Waals surface area contributed by atoms with Crippen molar-refractivity contribution in [1.82, 2.24) is 0 Å². The molecule has 1 heterocycles. The molecule has 0 amide bonds. The highest BCUT2D eigenvalue weighted by Gasteiger charge is 2.38. The molecule has 0 saturated carbocycles. The maximum absolute atomic E-state index is 10.00. The van der Waals surface area contributed by atoms with Gasteiger partial charge in [-0.15, -0.1) is 0 Å². The van der Waals surface area contributed by atoms with Gasteiger partial charge >= 0.3 is 0 Å². The van der Waals surface area contributed by atoms with Crippen LogP contribution in [-0.4, -0.2) is 11.7 Å². The maximum Gasteiger partial charge on any atom is 0.121 e. The Hall–Kier alpha value is -1.28. The summed E-state index contributed by atoms with van der Waals surface area (Å²) < 4.78 is 6.05. The summed E-state index contributed by atoms with van der Waals surface area (Å²) in [7, 11) is 0. The van der Waals surface area contributed by atoms with Crippen LogP contribution in [0.25, 0.3) is 0 Å². The first kappa shape index (κ1) is 11.8. The van der Waals surface area contributed by atoms with Gasteiger partial charge in [0.25, 0.3) is 0 Å². The molecule has 1 aliphatic heterocycles. The number of hydrogen-bond donors (Lipinski definition) is 1. The van der Waals surface area contributed by atoms with E-state index in [1.54, 1.807) is 6.07 Å². The van der Waals surface area contributed by atoms with E-state index in [1.807, 2.05) is 18.2 Å². The molecule has 1 N–H and O–H groups in total. The van der Waals surface area contributed by atoms with Crippen LogP contribution in [0.5, 0.6) is 5.75 Å². The third kappa shape index (κ3) is 1.85. The molecule has 0 radical (unpaired) electrons. The van der Waals surface area contributed by atoms with Gasteiger partial charge in [-0.2, -0.15) is 0 Å². The normalized spacial score (nSPS) is 35.1. The molecule has 2 bridgehead atoms. The molecule has 1 aromatic carbocycles. The minimum atomic E-state index is 0.0196. The van der Waals surface area contributed by atoms with E-state index in [2.05, 4.69) is 19.9 Å². The topological polar surface area (TPSA) is 29.5 Å². The van der Waals surface area contributed by atoms with Crippen molar-refractivity contribution >= 4 is 0 Å². The summed E-state index contributed by atoms with van der Waals surface area (Å²) in [5.74, 6) is 2.04. The largest absolute Gasteiger partial charge is 0.508 e. The Balaban J connectivity index is 1.96. The zero-order valence-electron chi connectivity index (χ0n) is 11.0. The SMILES string of the molecule is CC1=C[C@H](C)[C@H]2CO[C@@H](c3ccccc3O)[C@H]1C2. The van der Waals surface area contributed by atoms with Gasteiger partial charge < -0.3 is 9.84 Å². The van der Waals surface area contributed by atoms with Crippen LogP contribution in [0.3, 0.4) is 0 Å². The van der Waals surface area contributed by atoms with Gasteiger partial charge in [-0.3, -0.25) is 0 Å². The molecule has 1 aromatic rings. The standard InChI is InChI=1S/C16H20O2/c1-10-7-11(2)14-8-12(10)9-18-16(14)13-5-3-4-6-15(13)17/h3-7,10,12,14,16-17H,8-9H2,1-2H3/t10-,12+,14-,16-/m0/s1. The Bertz CT molecular complexity index is 478. The predicted octanol–water partition coefficient (Wildman–Crippen LogP) is 3.68. The summed E-state index contributed by atoms with van der Waals surface area (Å²) in [4.78, 5) is 0. The smallest absolute Gasteiger partial charge is 0.121 e. The molecule has 96 valence electrons. The molecule has 2 nitrogen and oxygen atoms in total. The van der Waals surface area contributed by atoms with Crippen molar-refractivity contribution in [3.05, 3.63) is 41.5 Å². The van der Waals surface area contributed by atoms with Crippen molar-refractivity contribution in [3.8, 4) is 5.75 Å². The van der Waals surface area contributed by atoms with Crippen LogP contribution in [0.2, 0.25) is 0 Å². The predicted molar refractivity (Wildman–Crippen MR) is 71.3 cm³/mol. The zero-order valence-corrected chi connectivity index (χ0v) is 11.0. The number of benzene rings is 1. The second kappa shape index (κ2) is 4.43. The summed E-state index contributed by atoms with van der Waals surface area (Å²) in [5.41, 5.74) is 2.34. The fraction of sp³-hybridized carbons (Fsp3) is 0.500. The van der Waals surface area contributed by atoms with E-state index in [9.17, 15) is 5.11 Å². The van der Waals surface area contributed by atoms with Gasteiger partial charge in [-0.1, -0.05) is 36.8 Å². The lowest BCUT2D eigenvalue weighted by molar-refractivity contribution is -0.0627. The molecule has 2 aliphatic rings. The van der Waals surface area contributed by atoms with Crippen molar-refractivity contribution in [2.45, 2.75) is 26.4 Å². The molecular weight excluding hydrogens is 224 g/mol. The van der Waals surface area contributed by atoms with E-state index in [1.165, 1.54) is 12.0 Å². The number of para-hydroxylation sites is 1. The second-order valence-electron chi connectivity index (χ2n) is 5.68. The Labute approximate surface area is 108 Å². The van der Waals surface area contributed by atoms with Crippen molar-refractivity contribution in [2.24, 2.45) is 17.8 Å². The number of aromatic hydroxyl groups is 1. The Morgan fingerprint density at radius 1 is 1.28 bits per heavy atom. The van der Waals surface area contributed by atoms with Crippen LogP contribution < -0.4 is 0 Å². The van der Waals surface area contributed by atoms with Crippen molar-refractivity contribution in [2.75, 3.05) is 6.61 Å². The highest BCUT2D eigenvalue weighted by molar-refractivity contribution is 5.36. The van der Waals surface area contributed by atoms with E-state index in [4.69, 9.17) is 4.74 Å². The van der Waals surface area contributed by atoms with Crippen LogP contribution in [0.1, 0.15) is 31.9 Å². The summed E-state index contributed by atoms with van der Waals surface area (Å²) >= 11 is 0. The zero-order chi connectivity index (χ0) is 12.7. The average Bonchev–Trinajstić information content (AvgIpc) is 2.37. The molecule has 1 aliphatic carbocycles. The van der Waals surface area contributed by atoms with Gasteiger partial charge in [-0.05, 0) is 31.2 Å². The van der Waals surface area contributed by atoms with Crippen LogP contribution in [0, 0.1) is 17.8 Å². The van der Waals surface area contributed by atoms with Crippen molar-refractivity contribution in [1.29, 1.82) is 0 Å². The number of rotatable bonds is 1. The van der Waals surface area contributed by atoms with E-state index in [0.717, 1.165) is 12.2 Å². The highest BCUT2D eigenvalue weighted by Crippen LogP contribution is 2.47. The van der Waals surface area contributed by atoms with E-state index in [-0.39, 0.29) is 6.10 Å². The van der Waals surface area contributed by atoms with Crippen molar-refractivity contribution < 1.29 is 9.84 Å². The lowest BCUT2D eigenvalue weighted by atomic mass is 9.71. The monoisotopic (exact) mass is 244 g/mol. The fourth-order valence-electron chi connectivity index (χ4n) is 3.36. The van der Waals surface area contributed by atoms with Gasteiger partial charge in [0.1, 0.15) is 5.75 Å². The quantitative estimate of drug-likeness (QED) is 0.764. The average molecular weight is 244 g/mol. The number of phenolic OH excluding ortho intramolecular Hbond substituents is 1. The molecule has 2 heteroatoms. The van der Waals surface area contributed by atoms with E-state index in [0.29, 0.717) is 23.5 Å². The van der Waals surface area contributed by atoms with E-state index < -0.39 is 0 Å². The molecular formula is C16H20O2. The first-order valence-corrected chi connectivity index (χ1v) is 6.74. The van der Waals surface area contributed by atoms with Gasteiger partial charge in [-0.25, -0.2) is 0 Å². The highest BCUT2D eigenvalue weighted by atomic mass is 16.5. The number of ether oxygens (including phenoxy) is 1. The number of hydrogen-bond acceptors (Lipinski definition) is 2. The molecule has 0 aromatic heterocycles. The van der Waals surface area contributed by atoms with Crippen LogP contribution in [0.4, 0.5) is 0 Å². The molecule has 3 rings (SSSR count). The molecule has 1 fully saturated rings. The first-order valence-electron chi connectivity index (χ1n) is 6.74. The minimum absolute atomic E-state index is 0.0196. The maximum atomic E-state index is 10.00. The number of fused-ring (bicyclic) bond motifs is 2. The Morgan fingerprint density at radius 3 is 2.83 bits per heavy atom. The second-order valence-corrected chi connectivity index (χ2v) is 5.68. The lowest BCUT2D eigenvalue weighted by Crippen LogP contribution is -2.35. The van der Waals surface area contributed by atoms with Gasteiger partial charge in [0.05, 0.1) is 12.7 Å². The Morgan fingerprint density at radius 2 is 2.06 bits per heavy atom. The summed E-state index contributed by atoms with van der Waals surface area (Å²) in [6, 6.07) is 7.55. The third-order valence-electron chi connectivity index (χ3n) is 4.51. The summed E-state index contributed by atoms with van der Waals surface area (Å²) in [6.45, 7) is 5.27. The first-order chi connectivity index (χ1) is 8.66. The molecule has 0 unspecified atom stereocenters. The Kier molecular flexibility index (Phi) is 2.90. The van der Waals surface area contributed by atoms with Crippen LogP contribution in [-0.2, 0) is 4.74 Å². The van der Waals surface area contributed by atoms with Crippen molar-refractivity contribution in [3.63, 3.8) is 0 Å².